The zero-order valence-corrected chi connectivity index (χ0v) is 20.1. The Labute approximate surface area is 205 Å². The van der Waals surface area contributed by atoms with Crippen molar-refractivity contribution in [2.24, 2.45) is 5.73 Å². The maximum absolute atomic E-state index is 13.8. The standard InChI is InChI=1S/C28H29N3O4/c1-4-30(21-13-9-19(10-14-21)26(29)32)28(34)24-17-18(2)31(25-8-6-5-7-23(24)25)27(33)20-11-15-22(35-3)16-12-20/h5-16,18,24H,4,17H2,1-3H3,(H2,29,32). The molecule has 2 N–H and O–H groups in total. The monoisotopic (exact) mass is 471 g/mol. The van der Waals surface area contributed by atoms with Crippen molar-refractivity contribution in [3.8, 4) is 5.75 Å². The summed E-state index contributed by atoms with van der Waals surface area (Å²) in [5.74, 6) is -0.398. The van der Waals surface area contributed by atoms with Crippen LogP contribution in [0, 0.1) is 0 Å². The van der Waals surface area contributed by atoms with E-state index in [0.29, 0.717) is 35.5 Å². The van der Waals surface area contributed by atoms with Gasteiger partial charge in [-0.3, -0.25) is 14.4 Å². The van der Waals surface area contributed by atoms with E-state index in [-0.39, 0.29) is 17.9 Å². The third kappa shape index (κ3) is 4.62. The van der Waals surface area contributed by atoms with Crippen LogP contribution in [0.3, 0.4) is 0 Å². The number of amides is 3. The number of hydrogen-bond donors (Lipinski definition) is 1. The summed E-state index contributed by atoms with van der Waals surface area (Å²) in [5.41, 5.74) is 8.56. The molecule has 2 atom stereocenters. The van der Waals surface area contributed by atoms with Gasteiger partial charge in [-0.05, 0) is 80.4 Å². The number of hydrogen-bond acceptors (Lipinski definition) is 4. The van der Waals surface area contributed by atoms with Crippen molar-refractivity contribution >= 4 is 29.1 Å². The SMILES string of the molecule is CCN(C(=O)C1CC(C)N(C(=O)c2ccc(OC)cc2)c2ccccc21)c1ccc(C(N)=O)cc1. The third-order valence-corrected chi connectivity index (χ3v) is 6.49. The number of nitrogens with two attached hydrogens (primary N) is 1. The van der Waals surface area contributed by atoms with Crippen LogP contribution in [0.5, 0.6) is 5.75 Å². The molecule has 35 heavy (non-hydrogen) atoms. The second-order valence-corrected chi connectivity index (χ2v) is 8.59. The fourth-order valence-corrected chi connectivity index (χ4v) is 4.69. The molecule has 0 aromatic heterocycles. The first kappa shape index (κ1) is 24.0. The largest absolute Gasteiger partial charge is 0.497 e. The number of fused-ring (bicyclic) bond motifs is 1. The highest BCUT2D eigenvalue weighted by Crippen LogP contribution is 2.40. The van der Waals surface area contributed by atoms with Gasteiger partial charge in [-0.1, -0.05) is 18.2 Å². The minimum Gasteiger partial charge on any atom is -0.497 e. The first-order chi connectivity index (χ1) is 16.8. The Morgan fingerprint density at radius 1 is 0.971 bits per heavy atom. The molecule has 7 nitrogen and oxygen atoms in total. The highest BCUT2D eigenvalue weighted by molar-refractivity contribution is 6.09. The van der Waals surface area contributed by atoms with Gasteiger partial charge in [-0.25, -0.2) is 0 Å². The van der Waals surface area contributed by atoms with Gasteiger partial charge >= 0.3 is 0 Å². The van der Waals surface area contributed by atoms with E-state index >= 15 is 0 Å². The second kappa shape index (κ2) is 10.0. The van der Waals surface area contributed by atoms with E-state index in [1.165, 1.54) is 0 Å². The van der Waals surface area contributed by atoms with Gasteiger partial charge in [-0.15, -0.1) is 0 Å². The lowest BCUT2D eigenvalue weighted by Gasteiger charge is -2.40. The average Bonchev–Trinajstić information content (AvgIpc) is 2.88. The smallest absolute Gasteiger partial charge is 0.258 e. The number of nitrogens with zero attached hydrogens (tertiary/aromatic N) is 2. The summed E-state index contributed by atoms with van der Waals surface area (Å²) in [7, 11) is 1.59. The molecule has 1 aliphatic rings. The van der Waals surface area contributed by atoms with Gasteiger partial charge in [0.05, 0.1) is 13.0 Å². The number of methoxy groups -OCH3 is 1. The highest BCUT2D eigenvalue weighted by atomic mass is 16.5. The molecule has 0 spiro atoms. The molecule has 0 bridgehead atoms. The summed E-state index contributed by atoms with van der Waals surface area (Å²) in [6.45, 7) is 4.35. The minimum absolute atomic E-state index is 0.0461. The number of anilines is 2. The number of benzene rings is 3. The van der Waals surface area contributed by atoms with Crippen molar-refractivity contribution in [2.75, 3.05) is 23.5 Å². The summed E-state index contributed by atoms with van der Waals surface area (Å²) >= 11 is 0. The van der Waals surface area contributed by atoms with E-state index in [0.717, 1.165) is 11.3 Å². The molecular formula is C28H29N3O4. The Kier molecular flexibility index (Phi) is 6.87. The van der Waals surface area contributed by atoms with Crippen LogP contribution in [0.1, 0.15) is 52.5 Å². The molecule has 1 aliphatic heterocycles. The lowest BCUT2D eigenvalue weighted by molar-refractivity contribution is -0.120. The molecule has 3 aromatic carbocycles. The molecule has 3 amide bonds. The molecular weight excluding hydrogens is 442 g/mol. The van der Waals surface area contributed by atoms with Gasteiger partial charge in [0, 0.05) is 35.1 Å². The van der Waals surface area contributed by atoms with E-state index in [4.69, 9.17) is 10.5 Å². The van der Waals surface area contributed by atoms with E-state index < -0.39 is 11.8 Å². The Morgan fingerprint density at radius 2 is 1.60 bits per heavy atom. The van der Waals surface area contributed by atoms with Crippen LogP contribution >= 0.6 is 0 Å². The summed E-state index contributed by atoms with van der Waals surface area (Å²) in [6, 6.07) is 21.2. The van der Waals surface area contributed by atoms with Crippen molar-refractivity contribution in [1.29, 1.82) is 0 Å². The van der Waals surface area contributed by atoms with Crippen LogP contribution < -0.4 is 20.3 Å². The number of primary amides is 1. The number of ether oxygens (including phenoxy) is 1. The molecule has 0 saturated heterocycles. The van der Waals surface area contributed by atoms with E-state index in [1.54, 1.807) is 65.4 Å². The lowest BCUT2D eigenvalue weighted by Crippen LogP contribution is -2.46. The summed E-state index contributed by atoms with van der Waals surface area (Å²) in [4.78, 5) is 42.2. The van der Waals surface area contributed by atoms with Crippen molar-refractivity contribution < 1.29 is 19.1 Å². The predicted octanol–water partition coefficient (Wildman–Crippen LogP) is 4.37. The third-order valence-electron chi connectivity index (χ3n) is 6.49. The lowest BCUT2D eigenvalue weighted by atomic mass is 9.84. The first-order valence-corrected chi connectivity index (χ1v) is 11.6. The first-order valence-electron chi connectivity index (χ1n) is 11.6. The number of para-hydroxylation sites is 1. The molecule has 0 saturated carbocycles. The number of carbonyl (C=O) groups is 3. The predicted molar refractivity (Wildman–Crippen MR) is 136 cm³/mol. The average molecular weight is 472 g/mol. The molecule has 180 valence electrons. The maximum atomic E-state index is 13.8. The van der Waals surface area contributed by atoms with Crippen LogP contribution in [0.25, 0.3) is 0 Å². The molecule has 0 fully saturated rings. The van der Waals surface area contributed by atoms with Crippen LogP contribution in [0.4, 0.5) is 11.4 Å². The van der Waals surface area contributed by atoms with E-state index in [1.807, 2.05) is 38.1 Å². The Hall–Kier alpha value is -4.13. The Bertz CT molecular complexity index is 1240. The van der Waals surface area contributed by atoms with Gasteiger partial charge in [-0.2, -0.15) is 0 Å². The second-order valence-electron chi connectivity index (χ2n) is 8.59. The zero-order valence-electron chi connectivity index (χ0n) is 20.1. The quantitative estimate of drug-likeness (QED) is 0.578. The summed E-state index contributed by atoms with van der Waals surface area (Å²) in [6.07, 6.45) is 0.494. The van der Waals surface area contributed by atoms with Crippen molar-refractivity contribution in [3.63, 3.8) is 0 Å². The van der Waals surface area contributed by atoms with Crippen molar-refractivity contribution in [1.82, 2.24) is 0 Å². The van der Waals surface area contributed by atoms with Crippen molar-refractivity contribution in [3.05, 3.63) is 89.5 Å². The molecule has 7 heteroatoms. The van der Waals surface area contributed by atoms with Gasteiger partial charge in [0.2, 0.25) is 11.8 Å². The van der Waals surface area contributed by atoms with Crippen LogP contribution in [-0.4, -0.2) is 37.4 Å². The van der Waals surface area contributed by atoms with Crippen molar-refractivity contribution in [2.45, 2.75) is 32.2 Å². The van der Waals surface area contributed by atoms with E-state index in [9.17, 15) is 14.4 Å². The van der Waals surface area contributed by atoms with Crippen LogP contribution in [0.2, 0.25) is 0 Å². The number of likely N-dealkylation sites (N-methyl/N-ethyl adjacent to an activating group) is 1. The van der Waals surface area contributed by atoms with Gasteiger partial charge in [0.15, 0.2) is 0 Å². The topological polar surface area (TPSA) is 92.9 Å². The number of carbonyl (C=O) groups excluding carboxylic acids is 3. The molecule has 0 radical (unpaired) electrons. The van der Waals surface area contributed by atoms with Gasteiger partial charge in [0.25, 0.3) is 5.91 Å². The summed E-state index contributed by atoms with van der Waals surface area (Å²) in [5, 5.41) is 0. The maximum Gasteiger partial charge on any atom is 0.258 e. The highest BCUT2D eigenvalue weighted by Gasteiger charge is 2.38. The Balaban J connectivity index is 1.66. The summed E-state index contributed by atoms with van der Waals surface area (Å²) < 4.78 is 5.21. The fourth-order valence-electron chi connectivity index (χ4n) is 4.69. The molecule has 0 aliphatic carbocycles. The zero-order chi connectivity index (χ0) is 25.1. The Morgan fingerprint density at radius 3 is 2.20 bits per heavy atom. The molecule has 4 rings (SSSR count). The van der Waals surface area contributed by atoms with Crippen LogP contribution in [0.15, 0.2) is 72.8 Å². The van der Waals surface area contributed by atoms with Gasteiger partial charge in [0.1, 0.15) is 5.75 Å². The molecule has 2 unspecified atom stereocenters. The molecule has 1 heterocycles. The van der Waals surface area contributed by atoms with Gasteiger partial charge < -0.3 is 20.3 Å². The minimum atomic E-state index is -0.512. The van der Waals surface area contributed by atoms with Crippen LogP contribution in [-0.2, 0) is 4.79 Å². The fraction of sp³-hybridized carbons (Fsp3) is 0.250. The molecule has 3 aromatic rings. The number of rotatable bonds is 6. The normalized spacial score (nSPS) is 16.8. The van der Waals surface area contributed by atoms with E-state index in [2.05, 4.69) is 0 Å².